The van der Waals surface area contributed by atoms with Gasteiger partial charge in [0.05, 0.1) is 0 Å². The molecule has 2 atom stereocenters. The average Bonchev–Trinajstić information content (AvgIpc) is 2.94. The summed E-state index contributed by atoms with van der Waals surface area (Å²) in [4.78, 5) is 16.2. The Morgan fingerprint density at radius 1 is 1.44 bits per heavy atom. The summed E-state index contributed by atoms with van der Waals surface area (Å²) in [7, 11) is 0. The first-order valence-electron chi connectivity index (χ1n) is 5.16. The maximum absolute atomic E-state index is 11.8. The van der Waals surface area contributed by atoms with Crippen LogP contribution < -0.4 is 0 Å². The lowest BCUT2D eigenvalue weighted by molar-refractivity contribution is -0.135. The zero-order chi connectivity index (χ0) is 11.2. The Kier molecular flexibility index (Phi) is 2.07. The van der Waals surface area contributed by atoms with Crippen molar-refractivity contribution >= 4 is 23.6 Å². The van der Waals surface area contributed by atoms with E-state index in [1.807, 2.05) is 36.6 Å². The second-order valence-electron chi connectivity index (χ2n) is 4.03. The van der Waals surface area contributed by atoms with E-state index in [-0.39, 0.29) is 5.97 Å². The zero-order valence-electron chi connectivity index (χ0n) is 8.84. The van der Waals surface area contributed by atoms with Crippen LogP contribution in [0.25, 0.3) is 0 Å². The van der Waals surface area contributed by atoms with Crippen LogP contribution in [0.15, 0.2) is 35.3 Å². The molecule has 1 aliphatic carbocycles. The number of thioether (sulfide) groups is 1. The van der Waals surface area contributed by atoms with Gasteiger partial charge in [0, 0.05) is 10.8 Å². The number of rotatable bonds is 2. The van der Waals surface area contributed by atoms with Crippen LogP contribution in [0.2, 0.25) is 0 Å². The number of cyclic esters (lactones) is 1. The van der Waals surface area contributed by atoms with E-state index in [2.05, 4.69) is 4.99 Å². The predicted octanol–water partition coefficient (Wildman–Crippen LogP) is 1.86. The molecule has 1 heterocycles. The summed E-state index contributed by atoms with van der Waals surface area (Å²) < 4.78 is 5.25. The number of aliphatic imine (C=N–C) groups is 1. The SMILES string of the molecule is CS[C@H]1C[C@@]12N=C(c1ccccc1)OC2=O. The van der Waals surface area contributed by atoms with Gasteiger partial charge in [0.2, 0.25) is 5.90 Å². The molecule has 0 amide bonds. The first-order chi connectivity index (χ1) is 7.76. The molecule has 0 bridgehead atoms. The van der Waals surface area contributed by atoms with Gasteiger partial charge in [-0.2, -0.15) is 11.8 Å². The number of nitrogens with zero attached hydrogens (tertiary/aromatic N) is 1. The zero-order valence-corrected chi connectivity index (χ0v) is 9.66. The van der Waals surface area contributed by atoms with Crippen molar-refractivity contribution in [3.05, 3.63) is 35.9 Å². The smallest absolute Gasteiger partial charge is 0.342 e. The van der Waals surface area contributed by atoms with Gasteiger partial charge in [-0.05, 0) is 24.8 Å². The van der Waals surface area contributed by atoms with Gasteiger partial charge in [0.1, 0.15) is 0 Å². The van der Waals surface area contributed by atoms with Gasteiger partial charge in [-0.3, -0.25) is 0 Å². The van der Waals surface area contributed by atoms with E-state index in [4.69, 9.17) is 4.74 Å². The van der Waals surface area contributed by atoms with E-state index in [1.165, 1.54) is 0 Å². The van der Waals surface area contributed by atoms with Crippen molar-refractivity contribution in [2.24, 2.45) is 4.99 Å². The molecule has 0 saturated heterocycles. The molecule has 1 aromatic carbocycles. The number of hydrogen-bond acceptors (Lipinski definition) is 4. The highest BCUT2D eigenvalue weighted by atomic mass is 32.2. The van der Waals surface area contributed by atoms with Gasteiger partial charge < -0.3 is 4.74 Å². The Morgan fingerprint density at radius 3 is 2.81 bits per heavy atom. The molecule has 3 rings (SSSR count). The Bertz CT molecular complexity index is 471. The fraction of sp³-hybridized carbons (Fsp3) is 0.333. The molecule has 1 spiro atoms. The van der Waals surface area contributed by atoms with Crippen LogP contribution in [0, 0.1) is 0 Å². The molecule has 1 aromatic rings. The lowest BCUT2D eigenvalue weighted by Gasteiger charge is -1.98. The number of esters is 1. The van der Waals surface area contributed by atoms with Gasteiger partial charge in [-0.1, -0.05) is 18.2 Å². The van der Waals surface area contributed by atoms with Gasteiger partial charge in [0.15, 0.2) is 5.54 Å². The third-order valence-corrected chi connectivity index (χ3v) is 4.14. The average molecular weight is 233 g/mol. The van der Waals surface area contributed by atoms with Gasteiger partial charge >= 0.3 is 5.97 Å². The second kappa shape index (κ2) is 3.35. The molecule has 0 radical (unpaired) electrons. The molecule has 1 saturated carbocycles. The van der Waals surface area contributed by atoms with Crippen molar-refractivity contribution < 1.29 is 9.53 Å². The van der Waals surface area contributed by atoms with Gasteiger partial charge in [-0.15, -0.1) is 0 Å². The van der Waals surface area contributed by atoms with E-state index in [0.29, 0.717) is 11.1 Å². The van der Waals surface area contributed by atoms with E-state index >= 15 is 0 Å². The Hall–Kier alpha value is -1.29. The van der Waals surface area contributed by atoms with Crippen molar-refractivity contribution in [3.8, 4) is 0 Å². The second-order valence-corrected chi connectivity index (χ2v) is 5.07. The maximum Gasteiger partial charge on any atom is 0.342 e. The summed E-state index contributed by atoms with van der Waals surface area (Å²) in [6.07, 6.45) is 2.81. The van der Waals surface area contributed by atoms with Crippen LogP contribution in [0.4, 0.5) is 0 Å². The highest BCUT2D eigenvalue weighted by Crippen LogP contribution is 2.51. The number of carbonyl (C=O) groups is 1. The summed E-state index contributed by atoms with van der Waals surface area (Å²) >= 11 is 1.68. The number of ether oxygens (including phenoxy) is 1. The summed E-state index contributed by atoms with van der Waals surface area (Å²) in [5.74, 6) is 0.285. The summed E-state index contributed by atoms with van der Waals surface area (Å²) in [5, 5.41) is 0.293. The van der Waals surface area contributed by atoms with Crippen molar-refractivity contribution in [1.82, 2.24) is 0 Å². The first-order valence-corrected chi connectivity index (χ1v) is 6.45. The van der Waals surface area contributed by atoms with Crippen LogP contribution >= 0.6 is 11.8 Å². The lowest BCUT2D eigenvalue weighted by atomic mass is 10.2. The van der Waals surface area contributed by atoms with Crippen molar-refractivity contribution in [2.75, 3.05) is 6.26 Å². The van der Waals surface area contributed by atoms with E-state index in [0.717, 1.165) is 12.0 Å². The van der Waals surface area contributed by atoms with Crippen LogP contribution in [0.1, 0.15) is 12.0 Å². The van der Waals surface area contributed by atoms with E-state index < -0.39 is 5.54 Å². The topological polar surface area (TPSA) is 38.7 Å². The van der Waals surface area contributed by atoms with Crippen LogP contribution in [0.3, 0.4) is 0 Å². The molecule has 16 heavy (non-hydrogen) atoms. The summed E-state index contributed by atoms with van der Waals surface area (Å²) in [5.41, 5.74) is 0.310. The van der Waals surface area contributed by atoms with Crippen LogP contribution in [-0.4, -0.2) is 28.9 Å². The number of carbonyl (C=O) groups excluding carboxylic acids is 1. The third-order valence-electron chi connectivity index (χ3n) is 3.02. The van der Waals surface area contributed by atoms with Gasteiger partial charge in [0.25, 0.3) is 0 Å². The predicted molar refractivity (Wildman–Crippen MR) is 63.7 cm³/mol. The minimum atomic E-state index is -0.565. The fourth-order valence-electron chi connectivity index (χ4n) is 1.96. The van der Waals surface area contributed by atoms with Gasteiger partial charge in [-0.25, -0.2) is 9.79 Å². The minimum absolute atomic E-state index is 0.189. The van der Waals surface area contributed by atoms with Crippen LogP contribution in [-0.2, 0) is 9.53 Å². The normalized spacial score (nSPS) is 31.4. The molecular formula is C12H11NO2S. The highest BCUT2D eigenvalue weighted by molar-refractivity contribution is 7.99. The number of hydrogen-bond donors (Lipinski definition) is 0. The molecule has 0 N–H and O–H groups in total. The molecule has 4 heteroatoms. The molecule has 0 aromatic heterocycles. The van der Waals surface area contributed by atoms with Crippen LogP contribution in [0.5, 0.6) is 0 Å². The molecular weight excluding hydrogens is 222 g/mol. The molecule has 2 aliphatic rings. The van der Waals surface area contributed by atoms with E-state index in [9.17, 15) is 4.79 Å². The Balaban J connectivity index is 1.93. The summed E-state index contributed by atoms with van der Waals surface area (Å²) in [6.45, 7) is 0. The molecule has 1 aliphatic heterocycles. The maximum atomic E-state index is 11.8. The van der Waals surface area contributed by atoms with Crippen molar-refractivity contribution in [1.29, 1.82) is 0 Å². The quantitative estimate of drug-likeness (QED) is 0.732. The Labute approximate surface area is 97.9 Å². The monoisotopic (exact) mass is 233 g/mol. The van der Waals surface area contributed by atoms with Crippen molar-refractivity contribution in [2.45, 2.75) is 17.2 Å². The summed E-state index contributed by atoms with van der Waals surface area (Å²) in [6, 6.07) is 9.56. The minimum Gasteiger partial charge on any atom is -0.405 e. The molecule has 3 nitrogen and oxygen atoms in total. The molecule has 1 fully saturated rings. The first kappa shape index (κ1) is 9.90. The third kappa shape index (κ3) is 1.29. The van der Waals surface area contributed by atoms with E-state index in [1.54, 1.807) is 11.8 Å². The fourth-order valence-corrected chi connectivity index (χ4v) is 2.92. The number of benzene rings is 1. The lowest BCUT2D eigenvalue weighted by Crippen LogP contribution is -2.19. The standard InChI is InChI=1S/C12H11NO2S/c1-16-9-7-12(9)11(14)15-10(13-12)8-5-3-2-4-6-8/h2-6,9H,7H2,1H3/t9-,12+/m0/s1. The van der Waals surface area contributed by atoms with Crippen molar-refractivity contribution in [3.63, 3.8) is 0 Å². The largest absolute Gasteiger partial charge is 0.405 e. The molecule has 82 valence electrons. The highest BCUT2D eigenvalue weighted by Gasteiger charge is 2.65. The molecule has 0 unspecified atom stereocenters. The Morgan fingerprint density at radius 2 is 2.19 bits per heavy atom.